The Morgan fingerprint density at radius 2 is 1.59 bits per heavy atom. The molecule has 0 bridgehead atoms. The van der Waals surface area contributed by atoms with E-state index < -0.39 is 28.5 Å². The quantitative estimate of drug-likeness (QED) is 0.276. The van der Waals surface area contributed by atoms with Gasteiger partial charge in [0.05, 0.1) is 10.6 Å². The summed E-state index contributed by atoms with van der Waals surface area (Å²) in [6.45, 7) is 11.5. The summed E-state index contributed by atoms with van der Waals surface area (Å²) in [5.74, 6) is -0.525. The molecule has 1 N–H and O–H groups in total. The summed E-state index contributed by atoms with van der Waals surface area (Å²) in [5, 5.41) is 3.33. The number of nitrogens with zero attached hydrogens (tertiary/aromatic N) is 2. The van der Waals surface area contributed by atoms with Gasteiger partial charge in [-0.05, 0) is 74.1 Å². The molecule has 0 aliphatic rings. The van der Waals surface area contributed by atoms with Gasteiger partial charge in [-0.25, -0.2) is 8.42 Å². The number of halogens is 1. The van der Waals surface area contributed by atoms with Gasteiger partial charge >= 0.3 is 0 Å². The number of rotatable bonds is 12. The largest absolute Gasteiger partial charge is 0.354 e. The minimum atomic E-state index is -4.17. The first kappa shape index (κ1) is 32.2. The molecule has 0 saturated heterocycles. The lowest BCUT2D eigenvalue weighted by Crippen LogP contribution is -2.52. The Kier molecular flexibility index (Phi) is 11.0. The topological polar surface area (TPSA) is 86.8 Å². The molecule has 7 nitrogen and oxygen atoms in total. The summed E-state index contributed by atoms with van der Waals surface area (Å²) >= 11 is 6.40. The van der Waals surface area contributed by atoms with Crippen LogP contribution in [0.4, 0.5) is 5.69 Å². The number of benzene rings is 3. The maximum atomic E-state index is 14.2. The fourth-order valence-electron chi connectivity index (χ4n) is 4.53. The molecule has 41 heavy (non-hydrogen) atoms. The molecule has 2 amide bonds. The SMILES string of the molecule is CC[C@H](C(=O)NCC(C)C)N(Cc1ccccc1C)C(=O)CN(c1cccc(Cl)c1C)S(=O)(=O)c1ccc(C)cc1. The van der Waals surface area contributed by atoms with E-state index in [0.717, 1.165) is 21.0 Å². The van der Waals surface area contributed by atoms with Crippen molar-refractivity contribution in [2.24, 2.45) is 5.92 Å². The van der Waals surface area contributed by atoms with Crippen molar-refractivity contribution in [3.63, 3.8) is 0 Å². The minimum Gasteiger partial charge on any atom is -0.354 e. The van der Waals surface area contributed by atoms with Crippen molar-refractivity contribution >= 4 is 39.1 Å². The zero-order valence-electron chi connectivity index (χ0n) is 24.6. The molecule has 0 fully saturated rings. The summed E-state index contributed by atoms with van der Waals surface area (Å²) in [6, 6.07) is 18.3. The van der Waals surface area contributed by atoms with E-state index in [0.29, 0.717) is 29.2 Å². The van der Waals surface area contributed by atoms with Crippen LogP contribution < -0.4 is 9.62 Å². The van der Waals surface area contributed by atoms with E-state index in [1.165, 1.54) is 17.0 Å². The van der Waals surface area contributed by atoms with Crippen LogP contribution in [0.3, 0.4) is 0 Å². The monoisotopic (exact) mass is 597 g/mol. The molecule has 1 atom stereocenters. The molecule has 0 radical (unpaired) electrons. The van der Waals surface area contributed by atoms with Crippen molar-refractivity contribution in [1.82, 2.24) is 10.2 Å². The van der Waals surface area contributed by atoms with Gasteiger partial charge in [-0.1, -0.05) is 80.4 Å². The van der Waals surface area contributed by atoms with Crippen LogP contribution in [-0.2, 0) is 26.2 Å². The number of hydrogen-bond donors (Lipinski definition) is 1. The first-order valence-corrected chi connectivity index (χ1v) is 15.6. The molecular formula is C32H40ClN3O4S. The summed E-state index contributed by atoms with van der Waals surface area (Å²) in [4.78, 5) is 29.1. The molecular weight excluding hydrogens is 558 g/mol. The third-order valence-corrected chi connectivity index (χ3v) is 9.25. The molecule has 0 aliphatic heterocycles. The third kappa shape index (κ3) is 7.89. The second-order valence-electron chi connectivity index (χ2n) is 10.7. The lowest BCUT2D eigenvalue weighted by atomic mass is 10.1. The highest BCUT2D eigenvalue weighted by atomic mass is 35.5. The molecule has 0 unspecified atom stereocenters. The Labute approximate surface area is 249 Å². The molecule has 3 aromatic rings. The second kappa shape index (κ2) is 14.0. The number of carbonyl (C=O) groups excluding carboxylic acids is 2. The molecule has 0 aliphatic carbocycles. The van der Waals surface area contributed by atoms with Gasteiger partial charge < -0.3 is 10.2 Å². The standard InChI is InChI=1S/C32H40ClN3O4S/c1-7-29(32(38)34-19-22(2)3)35(20-26-12-9-8-11-24(26)5)31(37)21-36(30-14-10-13-28(33)25(30)6)41(39,40)27-17-15-23(4)16-18-27/h8-18,22,29H,7,19-21H2,1-6H3,(H,34,38)/t29-/m1/s1. The van der Waals surface area contributed by atoms with Crippen LogP contribution in [0.15, 0.2) is 71.6 Å². The Hall–Kier alpha value is -3.36. The number of anilines is 1. The van der Waals surface area contributed by atoms with Crippen molar-refractivity contribution < 1.29 is 18.0 Å². The van der Waals surface area contributed by atoms with Crippen molar-refractivity contribution in [1.29, 1.82) is 0 Å². The van der Waals surface area contributed by atoms with Gasteiger partial charge in [-0.2, -0.15) is 0 Å². The number of amides is 2. The van der Waals surface area contributed by atoms with E-state index in [9.17, 15) is 18.0 Å². The van der Waals surface area contributed by atoms with Crippen LogP contribution in [0.2, 0.25) is 5.02 Å². The van der Waals surface area contributed by atoms with Gasteiger partial charge in [-0.15, -0.1) is 0 Å². The highest BCUT2D eigenvalue weighted by Gasteiger charge is 2.34. The van der Waals surface area contributed by atoms with Crippen LogP contribution in [0.25, 0.3) is 0 Å². The molecule has 0 spiro atoms. The first-order valence-electron chi connectivity index (χ1n) is 13.8. The maximum Gasteiger partial charge on any atom is 0.264 e. The average Bonchev–Trinajstić information content (AvgIpc) is 2.93. The molecule has 3 aromatic carbocycles. The number of carbonyl (C=O) groups is 2. The fourth-order valence-corrected chi connectivity index (χ4v) is 6.17. The molecule has 0 aromatic heterocycles. The Morgan fingerprint density at radius 3 is 2.20 bits per heavy atom. The van der Waals surface area contributed by atoms with Crippen LogP contribution >= 0.6 is 11.6 Å². The van der Waals surface area contributed by atoms with Crippen LogP contribution in [0, 0.1) is 26.7 Å². The van der Waals surface area contributed by atoms with Crippen molar-refractivity contribution in [2.75, 3.05) is 17.4 Å². The Balaban J connectivity index is 2.10. The Bertz CT molecular complexity index is 1470. The normalized spacial score (nSPS) is 12.2. The molecule has 0 heterocycles. The predicted molar refractivity (Wildman–Crippen MR) is 166 cm³/mol. The second-order valence-corrected chi connectivity index (χ2v) is 13.0. The highest BCUT2D eigenvalue weighted by molar-refractivity contribution is 7.92. The van der Waals surface area contributed by atoms with Gasteiger partial charge in [0.15, 0.2) is 0 Å². The smallest absolute Gasteiger partial charge is 0.264 e. The summed E-state index contributed by atoms with van der Waals surface area (Å²) in [5.41, 5.74) is 3.60. The predicted octanol–water partition coefficient (Wildman–Crippen LogP) is 6.04. The van der Waals surface area contributed by atoms with Gasteiger partial charge in [0, 0.05) is 18.1 Å². The van der Waals surface area contributed by atoms with Crippen LogP contribution in [-0.4, -0.2) is 44.3 Å². The zero-order valence-corrected chi connectivity index (χ0v) is 26.2. The lowest BCUT2D eigenvalue weighted by molar-refractivity contribution is -0.140. The lowest BCUT2D eigenvalue weighted by Gasteiger charge is -2.34. The van der Waals surface area contributed by atoms with Crippen LogP contribution in [0.1, 0.15) is 49.4 Å². The number of sulfonamides is 1. The molecule has 9 heteroatoms. The number of nitrogens with one attached hydrogen (secondary N) is 1. The number of hydrogen-bond acceptors (Lipinski definition) is 4. The van der Waals surface area contributed by atoms with E-state index in [4.69, 9.17) is 11.6 Å². The summed E-state index contributed by atoms with van der Waals surface area (Å²) in [6.07, 6.45) is 0.364. The summed E-state index contributed by atoms with van der Waals surface area (Å²) < 4.78 is 29.2. The van der Waals surface area contributed by atoms with E-state index in [1.807, 2.05) is 58.9 Å². The van der Waals surface area contributed by atoms with E-state index >= 15 is 0 Å². The van der Waals surface area contributed by atoms with E-state index in [1.54, 1.807) is 37.3 Å². The molecule has 0 saturated carbocycles. The molecule has 220 valence electrons. The van der Waals surface area contributed by atoms with Gasteiger partial charge in [0.1, 0.15) is 12.6 Å². The minimum absolute atomic E-state index is 0.0578. The summed E-state index contributed by atoms with van der Waals surface area (Å²) in [7, 11) is -4.17. The van der Waals surface area contributed by atoms with E-state index in [2.05, 4.69) is 5.32 Å². The van der Waals surface area contributed by atoms with Crippen LogP contribution in [0.5, 0.6) is 0 Å². The molecule has 3 rings (SSSR count). The maximum absolute atomic E-state index is 14.2. The van der Waals surface area contributed by atoms with Gasteiger partial charge in [0.2, 0.25) is 11.8 Å². The first-order chi connectivity index (χ1) is 19.4. The third-order valence-electron chi connectivity index (χ3n) is 7.07. The number of aryl methyl sites for hydroxylation is 2. The fraction of sp³-hybridized carbons (Fsp3) is 0.375. The van der Waals surface area contributed by atoms with Crippen molar-refractivity contribution in [3.8, 4) is 0 Å². The van der Waals surface area contributed by atoms with Crippen molar-refractivity contribution in [3.05, 3.63) is 94.0 Å². The van der Waals surface area contributed by atoms with Crippen molar-refractivity contribution in [2.45, 2.75) is 65.4 Å². The zero-order chi connectivity index (χ0) is 30.3. The van der Waals surface area contributed by atoms with Gasteiger partial charge in [-0.3, -0.25) is 13.9 Å². The Morgan fingerprint density at radius 1 is 0.927 bits per heavy atom. The van der Waals surface area contributed by atoms with Gasteiger partial charge in [0.25, 0.3) is 10.0 Å². The highest BCUT2D eigenvalue weighted by Crippen LogP contribution is 2.31. The average molecular weight is 598 g/mol. The van der Waals surface area contributed by atoms with E-state index in [-0.39, 0.29) is 23.3 Å².